The van der Waals surface area contributed by atoms with Crippen molar-refractivity contribution in [2.75, 3.05) is 0 Å². The first-order valence-corrected chi connectivity index (χ1v) is 5.64. The van der Waals surface area contributed by atoms with Gasteiger partial charge in [-0.1, -0.05) is 48.5 Å². The molecule has 0 spiro atoms. The van der Waals surface area contributed by atoms with E-state index in [0.717, 1.165) is 0 Å². The molecule has 0 radical (unpaired) electrons. The van der Waals surface area contributed by atoms with Crippen LogP contribution in [0.2, 0.25) is 0 Å². The van der Waals surface area contributed by atoms with Crippen molar-refractivity contribution in [2.45, 2.75) is 19.9 Å². The quantitative estimate of drug-likeness (QED) is 0.845. The van der Waals surface area contributed by atoms with Crippen LogP contribution in [0.25, 0.3) is 0 Å². The van der Waals surface area contributed by atoms with E-state index in [2.05, 4.69) is 62.0 Å². The van der Waals surface area contributed by atoms with Gasteiger partial charge in [0.15, 0.2) is 0 Å². The maximum Gasteiger partial charge on any atom is 0.136 e. The van der Waals surface area contributed by atoms with E-state index in [1.54, 1.807) is 0 Å². The molecule has 0 aliphatic heterocycles. The number of hydrogen-bond acceptors (Lipinski definition) is 1. The van der Waals surface area contributed by atoms with Crippen LogP contribution in [-0.4, -0.2) is 5.48 Å². The van der Waals surface area contributed by atoms with Crippen LogP contribution in [0, 0.1) is 13.8 Å². The summed E-state index contributed by atoms with van der Waals surface area (Å²) in [5, 5.41) is 0. The van der Waals surface area contributed by atoms with Gasteiger partial charge < -0.3 is 11.2 Å². The molecule has 2 nitrogen and oxygen atoms in total. The van der Waals surface area contributed by atoms with Crippen LogP contribution in [0.5, 0.6) is 0 Å². The summed E-state index contributed by atoms with van der Waals surface area (Å²) in [5.41, 5.74) is 9.57. The average molecular weight is 229 g/mol. The van der Waals surface area contributed by atoms with E-state index in [0.29, 0.717) is 0 Å². The van der Waals surface area contributed by atoms with Crippen LogP contribution in [-0.2, 0) is 0 Å². The van der Waals surface area contributed by atoms with Gasteiger partial charge in [0.25, 0.3) is 0 Å². The van der Waals surface area contributed by atoms with Crippen molar-refractivity contribution in [1.82, 2.24) is 0 Å². The third-order valence-corrected chi connectivity index (χ3v) is 3.22. The minimum atomic E-state index is 0. The molecule has 0 aliphatic rings. The number of rotatable bonds is 2. The molecule has 0 heterocycles. The zero-order chi connectivity index (χ0) is 11.5. The van der Waals surface area contributed by atoms with E-state index >= 15 is 0 Å². The van der Waals surface area contributed by atoms with Crippen molar-refractivity contribution in [2.24, 2.45) is 0 Å². The lowest BCUT2D eigenvalue weighted by Crippen LogP contribution is -2.54. The SMILES string of the molecule is Cc1cccc(C([NH3+])c2ccccc2)c1C.[OH-]. The van der Waals surface area contributed by atoms with Crippen molar-refractivity contribution >= 4 is 0 Å². The van der Waals surface area contributed by atoms with Crippen LogP contribution >= 0.6 is 0 Å². The van der Waals surface area contributed by atoms with Crippen LogP contribution in [0.15, 0.2) is 48.5 Å². The highest BCUT2D eigenvalue weighted by Gasteiger charge is 2.14. The maximum absolute atomic E-state index is 4.28. The maximum atomic E-state index is 4.28. The Kier molecular flexibility index (Phi) is 4.44. The molecule has 90 valence electrons. The Labute approximate surface area is 102 Å². The summed E-state index contributed by atoms with van der Waals surface area (Å²) in [6.45, 7) is 4.32. The van der Waals surface area contributed by atoms with Crippen LogP contribution < -0.4 is 5.73 Å². The van der Waals surface area contributed by atoms with Gasteiger partial charge in [-0.15, -0.1) is 0 Å². The summed E-state index contributed by atoms with van der Waals surface area (Å²) in [6.07, 6.45) is 0. The molecule has 0 saturated heterocycles. The molecule has 4 N–H and O–H groups in total. The van der Waals surface area contributed by atoms with Gasteiger partial charge in [-0.25, -0.2) is 0 Å². The Morgan fingerprint density at radius 2 is 1.53 bits per heavy atom. The van der Waals surface area contributed by atoms with Crippen molar-refractivity contribution < 1.29 is 11.2 Å². The summed E-state index contributed by atoms with van der Waals surface area (Å²) in [5.74, 6) is 0. The Morgan fingerprint density at radius 1 is 0.882 bits per heavy atom. The molecule has 2 rings (SSSR count). The van der Waals surface area contributed by atoms with Crippen molar-refractivity contribution in [3.63, 3.8) is 0 Å². The second-order valence-electron chi connectivity index (χ2n) is 4.25. The summed E-state index contributed by atoms with van der Waals surface area (Å²) in [6, 6.07) is 17.1. The molecule has 0 saturated carbocycles. The van der Waals surface area contributed by atoms with E-state index in [1.807, 2.05) is 6.07 Å². The van der Waals surface area contributed by atoms with E-state index in [1.165, 1.54) is 22.3 Å². The first-order chi connectivity index (χ1) is 7.70. The molecule has 0 bridgehead atoms. The van der Waals surface area contributed by atoms with Gasteiger partial charge in [-0.2, -0.15) is 0 Å². The first-order valence-electron chi connectivity index (χ1n) is 5.64. The van der Waals surface area contributed by atoms with E-state index in [-0.39, 0.29) is 11.5 Å². The highest BCUT2D eigenvalue weighted by Crippen LogP contribution is 2.22. The summed E-state index contributed by atoms with van der Waals surface area (Å²) in [4.78, 5) is 0. The van der Waals surface area contributed by atoms with Gasteiger partial charge in [0.2, 0.25) is 0 Å². The molecule has 2 heteroatoms. The number of benzene rings is 2. The van der Waals surface area contributed by atoms with Crippen molar-refractivity contribution in [3.05, 3.63) is 70.8 Å². The van der Waals surface area contributed by atoms with Gasteiger partial charge in [-0.05, 0) is 25.0 Å². The van der Waals surface area contributed by atoms with Crippen molar-refractivity contribution in [3.8, 4) is 0 Å². The van der Waals surface area contributed by atoms with Crippen LogP contribution in [0.1, 0.15) is 28.3 Å². The average Bonchev–Trinajstić information content (AvgIpc) is 2.33. The topological polar surface area (TPSA) is 57.6 Å². The molecule has 1 atom stereocenters. The number of quaternary nitrogens is 1. The molecule has 1 unspecified atom stereocenters. The lowest BCUT2D eigenvalue weighted by Gasteiger charge is -2.13. The Hall–Kier alpha value is -1.64. The Balaban J connectivity index is 0.00000144. The summed E-state index contributed by atoms with van der Waals surface area (Å²) < 4.78 is 0. The summed E-state index contributed by atoms with van der Waals surface area (Å²) >= 11 is 0. The third-order valence-electron chi connectivity index (χ3n) is 3.22. The molecule has 0 aliphatic carbocycles. The largest absolute Gasteiger partial charge is 0.870 e. The monoisotopic (exact) mass is 229 g/mol. The van der Waals surface area contributed by atoms with Gasteiger partial charge >= 0.3 is 0 Å². The zero-order valence-electron chi connectivity index (χ0n) is 10.4. The molecular formula is C15H19NO. The van der Waals surface area contributed by atoms with Gasteiger partial charge in [0.1, 0.15) is 6.04 Å². The van der Waals surface area contributed by atoms with Gasteiger partial charge in [0.05, 0.1) is 0 Å². The normalized spacial score (nSPS) is 11.7. The predicted molar refractivity (Wildman–Crippen MR) is 69.0 cm³/mol. The van der Waals surface area contributed by atoms with E-state index < -0.39 is 0 Å². The minimum absolute atomic E-state index is 0. The lowest BCUT2D eigenvalue weighted by molar-refractivity contribution is -0.411. The standard InChI is InChI=1S/C15H17N.H2O/c1-11-7-6-10-14(12(11)2)15(16)13-8-4-3-5-9-13;/h3-10,15H,16H2,1-2H3;1H2. The highest BCUT2D eigenvalue weighted by atomic mass is 16.0. The van der Waals surface area contributed by atoms with Crippen LogP contribution in [0.4, 0.5) is 0 Å². The third kappa shape index (κ3) is 2.73. The molecule has 2 aromatic rings. The fourth-order valence-electron chi connectivity index (χ4n) is 2.02. The Morgan fingerprint density at radius 3 is 2.18 bits per heavy atom. The van der Waals surface area contributed by atoms with E-state index in [4.69, 9.17) is 0 Å². The smallest absolute Gasteiger partial charge is 0.136 e. The molecule has 2 aromatic carbocycles. The predicted octanol–water partition coefficient (Wildman–Crippen LogP) is 2.46. The fourth-order valence-corrected chi connectivity index (χ4v) is 2.02. The second kappa shape index (κ2) is 5.62. The zero-order valence-corrected chi connectivity index (χ0v) is 10.4. The highest BCUT2D eigenvalue weighted by molar-refractivity contribution is 5.38. The molecular weight excluding hydrogens is 210 g/mol. The van der Waals surface area contributed by atoms with Crippen molar-refractivity contribution in [1.29, 1.82) is 0 Å². The molecule has 17 heavy (non-hydrogen) atoms. The lowest BCUT2D eigenvalue weighted by atomic mass is 9.93. The first kappa shape index (κ1) is 13.4. The van der Waals surface area contributed by atoms with Gasteiger partial charge in [0, 0.05) is 11.1 Å². The Bertz CT molecular complexity index is 480. The molecule has 0 fully saturated rings. The second-order valence-corrected chi connectivity index (χ2v) is 4.25. The molecule has 0 amide bonds. The van der Waals surface area contributed by atoms with E-state index in [9.17, 15) is 0 Å². The van der Waals surface area contributed by atoms with Gasteiger partial charge in [-0.3, -0.25) is 0 Å². The number of aryl methyl sites for hydroxylation is 1. The van der Waals surface area contributed by atoms with Crippen LogP contribution in [0.3, 0.4) is 0 Å². The molecule has 0 aromatic heterocycles. The fraction of sp³-hybridized carbons (Fsp3) is 0.200. The number of hydrogen-bond donors (Lipinski definition) is 1. The summed E-state index contributed by atoms with van der Waals surface area (Å²) in [7, 11) is 0. The minimum Gasteiger partial charge on any atom is -0.870 e.